The number of nitrogens with zero attached hydrogens (tertiary/aromatic N) is 1. The minimum absolute atomic E-state index is 0.0593. The lowest BCUT2D eigenvalue weighted by Crippen LogP contribution is -2.37. The second-order valence-electron chi connectivity index (χ2n) is 4.73. The molecule has 1 heterocycles. The van der Waals surface area contributed by atoms with Crippen LogP contribution in [0, 0.1) is 6.92 Å². The second kappa shape index (κ2) is 6.43. The lowest BCUT2D eigenvalue weighted by atomic mass is 10.1. The fraction of sp³-hybridized carbons (Fsp3) is 0.571. The molecule has 0 radical (unpaired) electrons. The number of hydrogen-bond acceptors (Lipinski definition) is 3. The Hall–Kier alpha value is -0.510. The first kappa shape index (κ1) is 12.9. The SMILES string of the molecule is Cc1ccc(SCCN2CCC(O)CC2)cc1. The molecule has 2 nitrogen and oxygen atoms in total. The number of likely N-dealkylation sites (tertiary alicyclic amines) is 1. The number of rotatable bonds is 4. The van der Waals surface area contributed by atoms with E-state index in [4.69, 9.17) is 0 Å². The number of piperidine rings is 1. The van der Waals surface area contributed by atoms with Crippen molar-refractivity contribution < 1.29 is 5.11 Å². The Labute approximate surface area is 108 Å². The standard InChI is InChI=1S/C14H21NOS/c1-12-2-4-14(5-3-12)17-11-10-15-8-6-13(16)7-9-15/h2-5,13,16H,6-11H2,1H3. The van der Waals surface area contributed by atoms with Gasteiger partial charge in [-0.1, -0.05) is 17.7 Å². The Morgan fingerprint density at radius 3 is 2.53 bits per heavy atom. The molecule has 0 aromatic heterocycles. The highest BCUT2D eigenvalue weighted by Crippen LogP contribution is 2.19. The van der Waals surface area contributed by atoms with Crippen LogP contribution in [0.3, 0.4) is 0 Å². The van der Waals surface area contributed by atoms with Gasteiger partial charge in [-0.2, -0.15) is 0 Å². The van der Waals surface area contributed by atoms with E-state index in [-0.39, 0.29) is 6.10 Å². The summed E-state index contributed by atoms with van der Waals surface area (Å²) in [7, 11) is 0. The molecule has 1 saturated heterocycles. The molecule has 1 aliphatic rings. The van der Waals surface area contributed by atoms with E-state index in [2.05, 4.69) is 36.1 Å². The Morgan fingerprint density at radius 1 is 1.24 bits per heavy atom. The highest BCUT2D eigenvalue weighted by atomic mass is 32.2. The van der Waals surface area contributed by atoms with E-state index in [1.807, 2.05) is 11.8 Å². The zero-order chi connectivity index (χ0) is 12.1. The van der Waals surface area contributed by atoms with Crippen LogP contribution in [-0.2, 0) is 0 Å². The largest absolute Gasteiger partial charge is 0.393 e. The Morgan fingerprint density at radius 2 is 1.88 bits per heavy atom. The Kier molecular flexibility index (Phi) is 4.89. The third-order valence-electron chi connectivity index (χ3n) is 3.25. The van der Waals surface area contributed by atoms with E-state index in [0.29, 0.717) is 0 Å². The maximum atomic E-state index is 9.42. The summed E-state index contributed by atoms with van der Waals surface area (Å²) in [5.74, 6) is 1.14. The summed E-state index contributed by atoms with van der Waals surface area (Å²) in [6.45, 7) is 5.35. The first-order chi connectivity index (χ1) is 8.24. The summed E-state index contributed by atoms with van der Waals surface area (Å²) in [6, 6.07) is 8.72. The van der Waals surface area contributed by atoms with E-state index in [1.165, 1.54) is 10.5 Å². The molecular formula is C14H21NOS. The third kappa shape index (κ3) is 4.34. The first-order valence-electron chi connectivity index (χ1n) is 6.34. The number of aryl methyl sites for hydroxylation is 1. The van der Waals surface area contributed by atoms with E-state index in [9.17, 15) is 5.11 Å². The Bertz CT molecular complexity index is 331. The Balaban J connectivity index is 1.67. The van der Waals surface area contributed by atoms with Gasteiger partial charge in [-0.05, 0) is 31.9 Å². The molecule has 1 fully saturated rings. The molecule has 0 atom stereocenters. The number of benzene rings is 1. The van der Waals surface area contributed by atoms with Crippen LogP contribution in [0.4, 0.5) is 0 Å². The van der Waals surface area contributed by atoms with Gasteiger partial charge in [-0.25, -0.2) is 0 Å². The van der Waals surface area contributed by atoms with Crippen molar-refractivity contribution >= 4 is 11.8 Å². The third-order valence-corrected chi connectivity index (χ3v) is 4.25. The van der Waals surface area contributed by atoms with Gasteiger partial charge in [0.15, 0.2) is 0 Å². The molecule has 17 heavy (non-hydrogen) atoms. The minimum Gasteiger partial charge on any atom is -0.393 e. The molecule has 0 aliphatic carbocycles. The smallest absolute Gasteiger partial charge is 0.0564 e. The van der Waals surface area contributed by atoms with Crippen molar-refractivity contribution in [1.29, 1.82) is 0 Å². The lowest BCUT2D eigenvalue weighted by Gasteiger charge is -2.29. The van der Waals surface area contributed by atoms with E-state index in [0.717, 1.165) is 38.2 Å². The van der Waals surface area contributed by atoms with E-state index < -0.39 is 0 Å². The molecule has 1 aromatic carbocycles. The van der Waals surface area contributed by atoms with Gasteiger partial charge in [0.05, 0.1) is 6.10 Å². The summed E-state index contributed by atoms with van der Waals surface area (Å²) >= 11 is 1.92. The average Bonchev–Trinajstić information content (AvgIpc) is 2.34. The van der Waals surface area contributed by atoms with Crippen LogP contribution < -0.4 is 0 Å². The van der Waals surface area contributed by atoms with Crippen molar-refractivity contribution in [3.8, 4) is 0 Å². The van der Waals surface area contributed by atoms with Crippen LogP contribution in [0.5, 0.6) is 0 Å². The maximum Gasteiger partial charge on any atom is 0.0564 e. The number of hydrogen-bond donors (Lipinski definition) is 1. The molecule has 1 aliphatic heterocycles. The molecule has 94 valence electrons. The monoisotopic (exact) mass is 251 g/mol. The van der Waals surface area contributed by atoms with Gasteiger partial charge in [0.2, 0.25) is 0 Å². The zero-order valence-corrected chi connectivity index (χ0v) is 11.2. The van der Waals surface area contributed by atoms with E-state index >= 15 is 0 Å². The van der Waals surface area contributed by atoms with Crippen molar-refractivity contribution in [2.75, 3.05) is 25.4 Å². The average molecular weight is 251 g/mol. The molecule has 0 amide bonds. The predicted molar refractivity (Wildman–Crippen MR) is 73.6 cm³/mol. The minimum atomic E-state index is -0.0593. The summed E-state index contributed by atoms with van der Waals surface area (Å²) in [5, 5.41) is 9.42. The van der Waals surface area contributed by atoms with Crippen LogP contribution in [0.15, 0.2) is 29.2 Å². The molecule has 3 heteroatoms. The van der Waals surface area contributed by atoms with Gasteiger partial charge in [0.1, 0.15) is 0 Å². The molecule has 0 spiro atoms. The van der Waals surface area contributed by atoms with Gasteiger partial charge >= 0.3 is 0 Å². The number of aliphatic hydroxyl groups excluding tert-OH is 1. The molecule has 0 bridgehead atoms. The van der Waals surface area contributed by atoms with Gasteiger partial charge in [-0.3, -0.25) is 0 Å². The van der Waals surface area contributed by atoms with E-state index in [1.54, 1.807) is 0 Å². The van der Waals surface area contributed by atoms with Crippen molar-refractivity contribution in [2.45, 2.75) is 30.8 Å². The van der Waals surface area contributed by atoms with Gasteiger partial charge in [0.25, 0.3) is 0 Å². The molecule has 1 N–H and O–H groups in total. The van der Waals surface area contributed by atoms with Gasteiger partial charge in [-0.15, -0.1) is 11.8 Å². The second-order valence-corrected chi connectivity index (χ2v) is 5.90. The summed E-state index contributed by atoms with van der Waals surface area (Å²) in [5.41, 5.74) is 1.32. The zero-order valence-electron chi connectivity index (χ0n) is 10.4. The molecule has 1 aromatic rings. The van der Waals surface area contributed by atoms with Crippen molar-refractivity contribution in [3.63, 3.8) is 0 Å². The highest BCUT2D eigenvalue weighted by Gasteiger charge is 2.16. The number of aliphatic hydroxyl groups is 1. The van der Waals surface area contributed by atoms with Crippen LogP contribution in [0.25, 0.3) is 0 Å². The summed E-state index contributed by atoms with van der Waals surface area (Å²) in [6.07, 6.45) is 1.82. The molecular weight excluding hydrogens is 230 g/mol. The topological polar surface area (TPSA) is 23.5 Å². The lowest BCUT2D eigenvalue weighted by molar-refractivity contribution is 0.0857. The highest BCUT2D eigenvalue weighted by molar-refractivity contribution is 7.99. The quantitative estimate of drug-likeness (QED) is 0.832. The number of thioether (sulfide) groups is 1. The first-order valence-corrected chi connectivity index (χ1v) is 7.32. The predicted octanol–water partition coefficient (Wildman–Crippen LogP) is 2.54. The fourth-order valence-corrected chi connectivity index (χ4v) is 2.98. The van der Waals surface area contributed by atoms with Crippen LogP contribution in [0.1, 0.15) is 18.4 Å². The summed E-state index contributed by atoms with van der Waals surface area (Å²) in [4.78, 5) is 3.81. The normalized spacial score (nSPS) is 18.5. The van der Waals surface area contributed by atoms with Crippen LogP contribution in [-0.4, -0.2) is 41.5 Å². The molecule has 2 rings (SSSR count). The van der Waals surface area contributed by atoms with Crippen molar-refractivity contribution in [3.05, 3.63) is 29.8 Å². The molecule has 0 unspecified atom stereocenters. The summed E-state index contributed by atoms with van der Waals surface area (Å²) < 4.78 is 0. The molecule has 0 saturated carbocycles. The van der Waals surface area contributed by atoms with Gasteiger partial charge < -0.3 is 10.0 Å². The fourth-order valence-electron chi connectivity index (χ4n) is 2.07. The van der Waals surface area contributed by atoms with Gasteiger partial charge in [0, 0.05) is 30.3 Å². The van der Waals surface area contributed by atoms with Crippen molar-refractivity contribution in [1.82, 2.24) is 4.90 Å². The maximum absolute atomic E-state index is 9.42. The van der Waals surface area contributed by atoms with Crippen molar-refractivity contribution in [2.24, 2.45) is 0 Å². The van der Waals surface area contributed by atoms with Crippen LogP contribution in [0.2, 0.25) is 0 Å². The van der Waals surface area contributed by atoms with Crippen LogP contribution >= 0.6 is 11.8 Å².